The number of fused-ring (bicyclic) bond motifs is 1. The number of aryl methyl sites for hydroxylation is 1. The number of rotatable bonds is 4. The number of nitrogens with zero attached hydrogens (tertiary/aromatic N) is 4. The number of methoxy groups -OCH3 is 1. The van der Waals surface area contributed by atoms with Crippen molar-refractivity contribution in [1.29, 1.82) is 0 Å². The molecule has 27 heavy (non-hydrogen) atoms. The minimum absolute atomic E-state index is 0.305. The van der Waals surface area contributed by atoms with Crippen LogP contribution in [0.5, 0.6) is 5.75 Å². The molecule has 0 fully saturated rings. The van der Waals surface area contributed by atoms with Crippen LogP contribution in [0.25, 0.3) is 11.3 Å². The van der Waals surface area contributed by atoms with Gasteiger partial charge in [-0.05, 0) is 36.8 Å². The predicted molar refractivity (Wildman–Crippen MR) is 101 cm³/mol. The van der Waals surface area contributed by atoms with Crippen LogP contribution >= 0.6 is 0 Å². The van der Waals surface area contributed by atoms with E-state index in [1.165, 1.54) is 17.7 Å². The van der Waals surface area contributed by atoms with Crippen LogP contribution in [0.4, 0.5) is 4.39 Å². The van der Waals surface area contributed by atoms with E-state index in [9.17, 15) is 4.39 Å². The normalized spacial score (nSPS) is 14.0. The maximum atomic E-state index is 13.6. The first-order valence-corrected chi connectivity index (χ1v) is 8.95. The monoisotopic (exact) mass is 364 g/mol. The van der Waals surface area contributed by atoms with E-state index in [1.54, 1.807) is 13.2 Å². The predicted octanol–water partition coefficient (Wildman–Crippen LogP) is 3.55. The van der Waals surface area contributed by atoms with E-state index in [4.69, 9.17) is 4.74 Å². The van der Waals surface area contributed by atoms with E-state index in [-0.39, 0.29) is 5.82 Å². The summed E-state index contributed by atoms with van der Waals surface area (Å²) in [5, 5.41) is 0. The van der Waals surface area contributed by atoms with Crippen LogP contribution in [0.15, 0.2) is 42.7 Å². The smallest absolute Gasteiger partial charge is 0.128 e. The van der Waals surface area contributed by atoms with Crippen molar-refractivity contribution >= 4 is 0 Å². The Morgan fingerprint density at radius 2 is 2.04 bits per heavy atom. The number of hydrogen-bond donors (Lipinski definition) is 0. The zero-order chi connectivity index (χ0) is 18.8. The first-order valence-electron chi connectivity index (χ1n) is 8.95. The third-order valence-corrected chi connectivity index (χ3v) is 4.80. The average molecular weight is 364 g/mol. The first kappa shape index (κ1) is 17.5. The van der Waals surface area contributed by atoms with Crippen molar-refractivity contribution in [1.82, 2.24) is 19.9 Å². The van der Waals surface area contributed by atoms with Gasteiger partial charge in [-0.1, -0.05) is 6.07 Å². The van der Waals surface area contributed by atoms with Crippen LogP contribution in [0.1, 0.15) is 22.6 Å². The molecule has 1 aliphatic rings. The highest BCUT2D eigenvalue weighted by atomic mass is 19.1. The third-order valence-electron chi connectivity index (χ3n) is 4.80. The molecule has 0 radical (unpaired) electrons. The Bertz CT molecular complexity index is 959. The number of aromatic nitrogens is 3. The second-order valence-corrected chi connectivity index (χ2v) is 6.75. The fourth-order valence-electron chi connectivity index (χ4n) is 3.43. The molecule has 3 heterocycles. The molecule has 0 atom stereocenters. The fourth-order valence-corrected chi connectivity index (χ4v) is 3.43. The Hall–Kier alpha value is -2.86. The van der Waals surface area contributed by atoms with Crippen LogP contribution in [0, 0.1) is 12.7 Å². The van der Waals surface area contributed by atoms with Crippen molar-refractivity contribution in [2.24, 2.45) is 0 Å². The summed E-state index contributed by atoms with van der Waals surface area (Å²) in [5.74, 6) is 1.13. The van der Waals surface area contributed by atoms with Crippen LogP contribution < -0.4 is 4.74 Å². The SMILES string of the molecule is COc1ccc(F)cc1-c1ccc(CN2CCc3nc(C)ncc3C2)cn1. The van der Waals surface area contributed by atoms with Crippen molar-refractivity contribution in [2.45, 2.75) is 26.4 Å². The maximum Gasteiger partial charge on any atom is 0.128 e. The van der Waals surface area contributed by atoms with E-state index in [1.807, 2.05) is 31.5 Å². The number of ether oxygens (including phenoxy) is 1. The van der Waals surface area contributed by atoms with Gasteiger partial charge in [-0.3, -0.25) is 9.88 Å². The third kappa shape index (κ3) is 3.80. The first-order chi connectivity index (χ1) is 13.1. The van der Waals surface area contributed by atoms with E-state index in [2.05, 4.69) is 19.9 Å². The van der Waals surface area contributed by atoms with Gasteiger partial charge in [0.25, 0.3) is 0 Å². The number of halogens is 1. The second-order valence-electron chi connectivity index (χ2n) is 6.75. The molecular weight excluding hydrogens is 343 g/mol. The fraction of sp³-hybridized carbons (Fsp3) is 0.286. The van der Waals surface area contributed by atoms with Crippen LogP contribution in [0.2, 0.25) is 0 Å². The van der Waals surface area contributed by atoms with E-state index in [0.29, 0.717) is 17.0 Å². The quantitative estimate of drug-likeness (QED) is 0.709. The molecule has 0 saturated carbocycles. The van der Waals surface area contributed by atoms with Gasteiger partial charge in [-0.25, -0.2) is 14.4 Å². The van der Waals surface area contributed by atoms with Gasteiger partial charge in [-0.2, -0.15) is 0 Å². The molecule has 0 aliphatic carbocycles. The largest absolute Gasteiger partial charge is 0.496 e. The zero-order valence-electron chi connectivity index (χ0n) is 15.4. The van der Waals surface area contributed by atoms with Gasteiger partial charge in [0.15, 0.2) is 0 Å². The van der Waals surface area contributed by atoms with Crippen molar-refractivity contribution < 1.29 is 9.13 Å². The molecule has 1 aromatic carbocycles. The van der Waals surface area contributed by atoms with E-state index >= 15 is 0 Å². The highest BCUT2D eigenvalue weighted by molar-refractivity contribution is 5.67. The number of pyridine rings is 1. The molecule has 0 saturated heterocycles. The Morgan fingerprint density at radius 3 is 2.81 bits per heavy atom. The lowest BCUT2D eigenvalue weighted by Gasteiger charge is -2.27. The van der Waals surface area contributed by atoms with Crippen LogP contribution in [-0.4, -0.2) is 33.5 Å². The summed E-state index contributed by atoms with van der Waals surface area (Å²) in [6, 6.07) is 8.40. The number of hydrogen-bond acceptors (Lipinski definition) is 5. The molecule has 0 bridgehead atoms. The Balaban J connectivity index is 1.49. The summed E-state index contributed by atoms with van der Waals surface area (Å²) in [7, 11) is 1.57. The molecule has 0 unspecified atom stereocenters. The molecule has 2 aromatic heterocycles. The van der Waals surface area contributed by atoms with Crippen molar-refractivity contribution in [3.8, 4) is 17.0 Å². The summed E-state index contributed by atoms with van der Waals surface area (Å²) in [5.41, 5.74) is 4.82. The molecule has 3 aromatic rings. The minimum Gasteiger partial charge on any atom is -0.496 e. The summed E-state index contributed by atoms with van der Waals surface area (Å²) in [6.07, 6.45) is 4.72. The van der Waals surface area contributed by atoms with Crippen molar-refractivity contribution in [2.75, 3.05) is 13.7 Å². The lowest BCUT2D eigenvalue weighted by molar-refractivity contribution is 0.242. The molecule has 1 aliphatic heterocycles. The lowest BCUT2D eigenvalue weighted by atomic mass is 10.1. The van der Waals surface area contributed by atoms with Gasteiger partial charge in [0.1, 0.15) is 17.4 Å². The maximum absolute atomic E-state index is 13.6. The molecule has 5 nitrogen and oxygen atoms in total. The van der Waals surface area contributed by atoms with Crippen LogP contribution in [-0.2, 0) is 19.5 Å². The zero-order valence-corrected chi connectivity index (χ0v) is 15.4. The van der Waals surface area contributed by atoms with Crippen molar-refractivity contribution in [3.05, 3.63) is 71.2 Å². The summed E-state index contributed by atoms with van der Waals surface area (Å²) < 4.78 is 18.9. The second kappa shape index (κ2) is 7.40. The molecule has 0 N–H and O–H groups in total. The summed E-state index contributed by atoms with van der Waals surface area (Å²) in [6.45, 7) is 4.53. The molecule has 0 amide bonds. The number of benzene rings is 1. The molecule has 6 heteroatoms. The summed E-state index contributed by atoms with van der Waals surface area (Å²) in [4.78, 5) is 15.7. The molecule has 4 rings (SSSR count). The topological polar surface area (TPSA) is 51.1 Å². The van der Waals surface area contributed by atoms with Gasteiger partial charge in [0.05, 0.1) is 12.8 Å². The highest BCUT2D eigenvalue weighted by Crippen LogP contribution is 2.29. The Kier molecular flexibility index (Phi) is 4.81. The molecule has 0 spiro atoms. The van der Waals surface area contributed by atoms with E-state index in [0.717, 1.165) is 43.1 Å². The van der Waals surface area contributed by atoms with Gasteiger partial charge in [0.2, 0.25) is 0 Å². The summed E-state index contributed by atoms with van der Waals surface area (Å²) >= 11 is 0. The van der Waals surface area contributed by atoms with E-state index < -0.39 is 0 Å². The minimum atomic E-state index is -0.305. The Morgan fingerprint density at radius 1 is 1.15 bits per heavy atom. The van der Waals surface area contributed by atoms with Gasteiger partial charge >= 0.3 is 0 Å². The van der Waals surface area contributed by atoms with Gasteiger partial charge in [-0.15, -0.1) is 0 Å². The molecular formula is C21H21FN4O. The van der Waals surface area contributed by atoms with Gasteiger partial charge < -0.3 is 4.74 Å². The van der Waals surface area contributed by atoms with Crippen LogP contribution in [0.3, 0.4) is 0 Å². The van der Waals surface area contributed by atoms with Gasteiger partial charge in [0, 0.05) is 55.3 Å². The highest BCUT2D eigenvalue weighted by Gasteiger charge is 2.18. The average Bonchev–Trinajstić information content (AvgIpc) is 2.69. The molecule has 138 valence electrons. The van der Waals surface area contributed by atoms with Crippen molar-refractivity contribution in [3.63, 3.8) is 0 Å². The Labute approximate surface area is 157 Å². The standard InChI is InChI=1S/C21H21FN4O/c1-14-23-11-16-13-26(8-7-19(16)25-14)12-15-3-5-20(24-10-15)18-9-17(22)4-6-21(18)27-2/h3-6,9-11H,7-8,12-13H2,1-2H3. The lowest BCUT2D eigenvalue weighted by Crippen LogP contribution is -2.31.